The fraction of sp³-hybridized carbons (Fsp3) is 0.240. The number of ether oxygens (including phenoxy) is 1. The van der Waals surface area contributed by atoms with Gasteiger partial charge in [0.05, 0.1) is 5.75 Å². The molecule has 0 radical (unpaired) electrons. The second-order valence-corrected chi connectivity index (χ2v) is 8.81. The molecule has 1 aromatic heterocycles. The van der Waals surface area contributed by atoms with Gasteiger partial charge in [-0.25, -0.2) is 0 Å². The molecule has 4 rings (SSSR count). The lowest BCUT2D eigenvalue weighted by Gasteiger charge is -2.09. The van der Waals surface area contributed by atoms with Crippen molar-refractivity contribution in [3.05, 3.63) is 78.1 Å². The van der Waals surface area contributed by atoms with Gasteiger partial charge in [0, 0.05) is 12.7 Å². The highest BCUT2D eigenvalue weighted by Crippen LogP contribution is 2.22. The first-order chi connectivity index (χ1) is 15.5. The van der Waals surface area contributed by atoms with Crippen molar-refractivity contribution in [1.29, 1.82) is 0 Å². The number of fused-ring (bicyclic) bond motifs is 1. The molecule has 1 heterocycles. The Morgan fingerprint density at radius 3 is 2.53 bits per heavy atom. The van der Waals surface area contributed by atoms with E-state index in [1.165, 1.54) is 17.3 Å². The highest BCUT2D eigenvalue weighted by Gasteiger charge is 2.12. The Morgan fingerprint density at radius 1 is 1.03 bits per heavy atom. The number of anilines is 1. The molecule has 0 fully saturated rings. The summed E-state index contributed by atoms with van der Waals surface area (Å²) < 4.78 is 7.71. The zero-order valence-corrected chi connectivity index (χ0v) is 19.2. The average Bonchev–Trinajstić information content (AvgIpc) is 3.15. The Bertz CT molecular complexity index is 1220. The fourth-order valence-corrected chi connectivity index (χ4v) is 4.02. The largest absolute Gasteiger partial charge is 0.486 e. The number of hydrogen-bond donors (Lipinski definition) is 1. The van der Waals surface area contributed by atoms with Gasteiger partial charge in [-0.2, -0.15) is 0 Å². The van der Waals surface area contributed by atoms with Crippen molar-refractivity contribution in [3.8, 4) is 5.75 Å². The van der Waals surface area contributed by atoms with Crippen LogP contribution < -0.4 is 10.1 Å². The molecule has 0 saturated carbocycles. The summed E-state index contributed by atoms with van der Waals surface area (Å²) in [6, 6.07) is 22.0. The van der Waals surface area contributed by atoms with E-state index in [4.69, 9.17) is 4.74 Å². The monoisotopic (exact) mass is 446 g/mol. The highest BCUT2D eigenvalue weighted by atomic mass is 32.2. The molecule has 0 aliphatic heterocycles. The summed E-state index contributed by atoms with van der Waals surface area (Å²) >= 11 is 1.35. The van der Waals surface area contributed by atoms with Crippen LogP contribution in [0.25, 0.3) is 10.8 Å². The Balaban J connectivity index is 1.30. The number of carbonyl (C=O) groups is 1. The maximum atomic E-state index is 12.4. The third-order valence-corrected chi connectivity index (χ3v) is 6.23. The number of nitrogens with one attached hydrogen (secondary N) is 1. The van der Waals surface area contributed by atoms with Crippen molar-refractivity contribution >= 4 is 34.1 Å². The van der Waals surface area contributed by atoms with Crippen molar-refractivity contribution in [2.45, 2.75) is 31.5 Å². The maximum absolute atomic E-state index is 12.4. The third kappa shape index (κ3) is 5.29. The van der Waals surface area contributed by atoms with E-state index in [2.05, 4.69) is 41.5 Å². The van der Waals surface area contributed by atoms with E-state index in [9.17, 15) is 4.79 Å². The van der Waals surface area contributed by atoms with Crippen LogP contribution in [-0.2, 0) is 18.4 Å². The van der Waals surface area contributed by atoms with Crippen LogP contribution in [0.1, 0.15) is 31.2 Å². The van der Waals surface area contributed by atoms with E-state index in [0.29, 0.717) is 23.5 Å². The molecule has 0 aliphatic rings. The number of aromatic nitrogens is 3. The molecule has 1 amide bonds. The molecule has 32 heavy (non-hydrogen) atoms. The SMILES string of the molecule is CC(C)c1ccc(OCc2nnc(SCC(=O)Nc3ccc4ccccc4c3)n2C)cc1. The minimum Gasteiger partial charge on any atom is -0.486 e. The van der Waals surface area contributed by atoms with E-state index in [-0.39, 0.29) is 11.7 Å². The van der Waals surface area contributed by atoms with Crippen LogP contribution in [0.4, 0.5) is 5.69 Å². The second-order valence-electron chi connectivity index (χ2n) is 7.87. The van der Waals surface area contributed by atoms with Gasteiger partial charge in [0.15, 0.2) is 11.0 Å². The molecule has 0 unspecified atom stereocenters. The predicted octanol–water partition coefficient (Wildman–Crippen LogP) is 5.40. The number of benzene rings is 3. The summed E-state index contributed by atoms with van der Waals surface area (Å²) in [5.74, 6) is 2.14. The molecule has 0 saturated heterocycles. The lowest BCUT2D eigenvalue weighted by atomic mass is 10.0. The van der Waals surface area contributed by atoms with E-state index in [1.807, 2.05) is 66.2 Å². The van der Waals surface area contributed by atoms with Crippen LogP contribution in [0.3, 0.4) is 0 Å². The standard InChI is InChI=1S/C25H26N4O2S/c1-17(2)18-9-12-22(13-10-18)31-15-23-27-28-25(29(23)3)32-16-24(30)26-21-11-8-19-6-4-5-7-20(19)14-21/h4-14,17H,15-16H2,1-3H3,(H,26,30). The highest BCUT2D eigenvalue weighted by molar-refractivity contribution is 7.99. The molecule has 3 aromatic carbocycles. The van der Waals surface area contributed by atoms with E-state index in [1.54, 1.807) is 0 Å². The van der Waals surface area contributed by atoms with Crippen LogP contribution in [0.5, 0.6) is 5.75 Å². The minimum absolute atomic E-state index is 0.0867. The molecule has 1 N–H and O–H groups in total. The number of rotatable bonds is 8. The topological polar surface area (TPSA) is 69.0 Å². The van der Waals surface area contributed by atoms with Crippen LogP contribution in [0, 0.1) is 0 Å². The number of hydrogen-bond acceptors (Lipinski definition) is 5. The van der Waals surface area contributed by atoms with Gasteiger partial charge >= 0.3 is 0 Å². The average molecular weight is 447 g/mol. The van der Waals surface area contributed by atoms with Crippen molar-refractivity contribution in [2.75, 3.05) is 11.1 Å². The summed E-state index contributed by atoms with van der Waals surface area (Å²) in [5.41, 5.74) is 2.06. The molecule has 7 heteroatoms. The normalized spacial score (nSPS) is 11.1. The van der Waals surface area contributed by atoms with Gasteiger partial charge in [-0.15, -0.1) is 10.2 Å². The van der Waals surface area contributed by atoms with E-state index >= 15 is 0 Å². The number of amides is 1. The van der Waals surface area contributed by atoms with Gasteiger partial charge in [-0.1, -0.05) is 68.1 Å². The van der Waals surface area contributed by atoms with Crippen LogP contribution >= 0.6 is 11.8 Å². The summed E-state index contributed by atoms with van der Waals surface area (Å²) in [4.78, 5) is 12.4. The lowest BCUT2D eigenvalue weighted by Crippen LogP contribution is -2.14. The maximum Gasteiger partial charge on any atom is 0.234 e. The molecule has 0 spiro atoms. The van der Waals surface area contributed by atoms with Gasteiger partial charge in [0.1, 0.15) is 12.4 Å². The molecular weight excluding hydrogens is 420 g/mol. The quantitative estimate of drug-likeness (QED) is 0.367. The summed E-state index contributed by atoms with van der Waals surface area (Å²) in [6.07, 6.45) is 0. The molecule has 0 atom stereocenters. The van der Waals surface area contributed by atoms with E-state index in [0.717, 1.165) is 22.2 Å². The molecule has 0 bridgehead atoms. The zero-order chi connectivity index (χ0) is 22.5. The second kappa shape index (κ2) is 9.87. The molecule has 4 aromatic rings. The van der Waals surface area contributed by atoms with Crippen molar-refractivity contribution in [1.82, 2.24) is 14.8 Å². The van der Waals surface area contributed by atoms with Crippen molar-refractivity contribution in [2.24, 2.45) is 7.05 Å². The third-order valence-electron chi connectivity index (χ3n) is 5.21. The van der Waals surface area contributed by atoms with E-state index < -0.39 is 0 Å². The summed E-state index contributed by atoms with van der Waals surface area (Å²) in [5, 5.41) is 14.3. The Hall–Kier alpha value is -3.32. The first-order valence-electron chi connectivity index (χ1n) is 10.5. The van der Waals surface area contributed by atoms with Gasteiger partial charge < -0.3 is 14.6 Å². The molecule has 6 nitrogen and oxygen atoms in total. The minimum atomic E-state index is -0.0867. The van der Waals surface area contributed by atoms with Crippen LogP contribution in [0.15, 0.2) is 71.9 Å². The lowest BCUT2D eigenvalue weighted by molar-refractivity contribution is -0.113. The van der Waals surface area contributed by atoms with Gasteiger partial charge in [-0.3, -0.25) is 4.79 Å². The number of nitrogens with zero attached hydrogens (tertiary/aromatic N) is 3. The number of thioether (sulfide) groups is 1. The van der Waals surface area contributed by atoms with Crippen molar-refractivity contribution < 1.29 is 9.53 Å². The Labute approximate surface area is 192 Å². The first-order valence-corrected chi connectivity index (χ1v) is 11.5. The van der Waals surface area contributed by atoms with Gasteiger partial charge in [0.25, 0.3) is 0 Å². The predicted molar refractivity (Wildman–Crippen MR) is 129 cm³/mol. The zero-order valence-electron chi connectivity index (χ0n) is 18.4. The fourth-order valence-electron chi connectivity index (χ4n) is 3.29. The van der Waals surface area contributed by atoms with Gasteiger partial charge in [0.2, 0.25) is 5.91 Å². The van der Waals surface area contributed by atoms with Crippen molar-refractivity contribution in [3.63, 3.8) is 0 Å². The van der Waals surface area contributed by atoms with Crippen LogP contribution in [-0.4, -0.2) is 26.4 Å². The summed E-state index contributed by atoms with van der Waals surface area (Å²) in [7, 11) is 1.88. The molecule has 0 aliphatic carbocycles. The van der Waals surface area contributed by atoms with Crippen LogP contribution in [0.2, 0.25) is 0 Å². The number of carbonyl (C=O) groups excluding carboxylic acids is 1. The Kier molecular flexibility index (Phi) is 6.75. The molecular formula is C25H26N4O2S. The Morgan fingerprint density at radius 2 is 1.78 bits per heavy atom. The summed E-state index contributed by atoms with van der Waals surface area (Å²) in [6.45, 7) is 4.64. The van der Waals surface area contributed by atoms with Gasteiger partial charge in [-0.05, 0) is 46.5 Å². The molecule has 164 valence electrons. The smallest absolute Gasteiger partial charge is 0.234 e. The first kappa shape index (κ1) is 21.9.